The van der Waals surface area contributed by atoms with Gasteiger partial charge in [-0.25, -0.2) is 4.79 Å². The highest BCUT2D eigenvalue weighted by Gasteiger charge is 2.55. The number of carbonyl (C=O) groups is 2. The van der Waals surface area contributed by atoms with E-state index in [0.29, 0.717) is 18.7 Å². The van der Waals surface area contributed by atoms with Gasteiger partial charge in [0.1, 0.15) is 5.60 Å². The van der Waals surface area contributed by atoms with Gasteiger partial charge in [-0.1, -0.05) is 32.0 Å². The van der Waals surface area contributed by atoms with E-state index in [-0.39, 0.29) is 17.8 Å². The van der Waals surface area contributed by atoms with Crippen molar-refractivity contribution < 1.29 is 14.3 Å². The average molecular weight is 259 g/mol. The summed E-state index contributed by atoms with van der Waals surface area (Å²) in [5.41, 5.74) is 1.07. The van der Waals surface area contributed by atoms with Crippen LogP contribution in [0.1, 0.15) is 29.8 Å². The molecule has 4 nitrogen and oxygen atoms in total. The molecule has 2 heterocycles. The molecule has 2 aliphatic rings. The zero-order valence-corrected chi connectivity index (χ0v) is 11.1. The van der Waals surface area contributed by atoms with Crippen LogP contribution in [0.3, 0.4) is 0 Å². The topological polar surface area (TPSA) is 46.6 Å². The number of benzene rings is 1. The van der Waals surface area contributed by atoms with Crippen LogP contribution in [0.2, 0.25) is 0 Å². The number of esters is 1. The second-order valence-corrected chi connectivity index (χ2v) is 5.59. The minimum Gasteiger partial charge on any atom is -0.450 e. The van der Waals surface area contributed by atoms with E-state index in [1.54, 1.807) is 4.90 Å². The van der Waals surface area contributed by atoms with Crippen LogP contribution in [0, 0.1) is 11.8 Å². The maximum absolute atomic E-state index is 12.1. The lowest BCUT2D eigenvalue weighted by Crippen LogP contribution is -2.54. The summed E-state index contributed by atoms with van der Waals surface area (Å²) >= 11 is 0. The number of nitrogens with zero attached hydrogens (tertiary/aromatic N) is 1. The first kappa shape index (κ1) is 12.2. The van der Waals surface area contributed by atoms with E-state index in [9.17, 15) is 9.59 Å². The molecule has 1 fully saturated rings. The summed E-state index contributed by atoms with van der Waals surface area (Å²) in [4.78, 5) is 24.8. The molecule has 0 N–H and O–H groups in total. The third kappa shape index (κ3) is 1.52. The van der Waals surface area contributed by atoms with Gasteiger partial charge in [0.15, 0.2) is 0 Å². The number of ether oxygens (including phenoxy) is 1. The minimum absolute atomic E-state index is 0.0917. The Morgan fingerprint density at radius 3 is 2.53 bits per heavy atom. The van der Waals surface area contributed by atoms with E-state index in [0.717, 1.165) is 12.0 Å². The van der Waals surface area contributed by atoms with E-state index < -0.39 is 5.60 Å². The van der Waals surface area contributed by atoms with Gasteiger partial charge in [-0.15, -0.1) is 0 Å². The molecule has 1 aromatic rings. The lowest BCUT2D eigenvalue weighted by Gasteiger charge is -2.46. The second-order valence-electron chi connectivity index (χ2n) is 5.59. The van der Waals surface area contributed by atoms with E-state index in [2.05, 4.69) is 0 Å². The highest BCUT2D eigenvalue weighted by molar-refractivity contribution is 5.94. The molecule has 2 atom stereocenters. The van der Waals surface area contributed by atoms with Crippen LogP contribution < -0.4 is 0 Å². The number of likely N-dealkylation sites (tertiary alicyclic amines) is 1. The zero-order valence-electron chi connectivity index (χ0n) is 11.1. The molecule has 1 saturated heterocycles. The Hall–Kier alpha value is -1.84. The fraction of sp³-hybridized carbons (Fsp3) is 0.467. The smallest absolute Gasteiger partial charge is 0.339 e. The lowest BCUT2D eigenvalue weighted by atomic mass is 9.71. The standard InChI is InChI=1S/C15H17NO3/c1-10-7-16(9-17)8-11(2)15(10)13-6-4-3-5-12(13)14(18)19-15/h3-6,9-11H,7-8H2,1-2H3. The predicted octanol–water partition coefficient (Wildman–Crippen LogP) is 1.80. The molecule has 19 heavy (non-hydrogen) atoms. The van der Waals surface area contributed by atoms with E-state index >= 15 is 0 Å². The fourth-order valence-corrected chi connectivity index (χ4v) is 3.62. The van der Waals surface area contributed by atoms with Gasteiger partial charge in [0.05, 0.1) is 5.56 Å². The number of hydrogen-bond acceptors (Lipinski definition) is 3. The minimum atomic E-state index is -0.576. The van der Waals surface area contributed by atoms with Crippen LogP contribution in [0.25, 0.3) is 0 Å². The van der Waals surface area contributed by atoms with Gasteiger partial charge in [0, 0.05) is 30.5 Å². The summed E-state index contributed by atoms with van der Waals surface area (Å²) in [7, 11) is 0. The highest BCUT2D eigenvalue weighted by Crippen LogP contribution is 2.49. The third-order valence-corrected chi connectivity index (χ3v) is 4.46. The Bertz CT molecular complexity index is 528. The summed E-state index contributed by atoms with van der Waals surface area (Å²) in [6, 6.07) is 7.59. The summed E-state index contributed by atoms with van der Waals surface area (Å²) in [5.74, 6) is -0.0584. The van der Waals surface area contributed by atoms with Crippen molar-refractivity contribution in [1.29, 1.82) is 0 Å². The van der Waals surface area contributed by atoms with Crippen LogP contribution in [0.5, 0.6) is 0 Å². The van der Waals surface area contributed by atoms with Gasteiger partial charge in [-0.3, -0.25) is 4.79 Å². The molecule has 0 saturated carbocycles. The fourth-order valence-electron chi connectivity index (χ4n) is 3.62. The van der Waals surface area contributed by atoms with E-state index in [1.807, 2.05) is 38.1 Å². The SMILES string of the molecule is CC1CN(C=O)CC(C)C12OC(=O)c1ccccc12. The second kappa shape index (κ2) is 4.08. The molecule has 0 aliphatic carbocycles. The maximum atomic E-state index is 12.1. The average Bonchev–Trinajstić information content (AvgIpc) is 2.71. The van der Waals surface area contributed by atoms with Crippen LogP contribution >= 0.6 is 0 Å². The number of rotatable bonds is 1. The Labute approximate surface area is 112 Å². The van der Waals surface area contributed by atoms with Crippen LogP contribution in [-0.4, -0.2) is 30.4 Å². The van der Waals surface area contributed by atoms with Gasteiger partial charge >= 0.3 is 5.97 Å². The van der Waals surface area contributed by atoms with Gasteiger partial charge in [-0.2, -0.15) is 0 Å². The third-order valence-electron chi connectivity index (χ3n) is 4.46. The van der Waals surface area contributed by atoms with Crippen molar-refractivity contribution in [3.8, 4) is 0 Å². The quantitative estimate of drug-likeness (QED) is 0.570. The summed E-state index contributed by atoms with van der Waals surface area (Å²) in [6.07, 6.45) is 0.878. The molecular formula is C15H17NO3. The van der Waals surface area contributed by atoms with Crippen molar-refractivity contribution in [1.82, 2.24) is 4.90 Å². The molecule has 1 aromatic carbocycles. The highest BCUT2D eigenvalue weighted by atomic mass is 16.6. The van der Waals surface area contributed by atoms with Crippen molar-refractivity contribution in [3.63, 3.8) is 0 Å². The Balaban J connectivity index is 2.10. The zero-order chi connectivity index (χ0) is 13.6. The van der Waals surface area contributed by atoms with E-state index in [4.69, 9.17) is 4.74 Å². The number of piperidine rings is 1. The molecule has 4 heteroatoms. The van der Waals surface area contributed by atoms with Gasteiger partial charge in [0.2, 0.25) is 6.41 Å². The van der Waals surface area contributed by atoms with Crippen LogP contribution in [-0.2, 0) is 15.1 Å². The monoisotopic (exact) mass is 259 g/mol. The van der Waals surface area contributed by atoms with Gasteiger partial charge in [0.25, 0.3) is 0 Å². The molecular weight excluding hydrogens is 242 g/mol. The number of carbonyl (C=O) groups excluding carboxylic acids is 2. The summed E-state index contributed by atoms with van der Waals surface area (Å²) in [5, 5.41) is 0. The molecule has 2 unspecified atom stereocenters. The van der Waals surface area contributed by atoms with Gasteiger partial charge in [-0.05, 0) is 6.07 Å². The van der Waals surface area contributed by atoms with Crippen LogP contribution in [0.4, 0.5) is 0 Å². The Kier molecular flexibility index (Phi) is 2.62. The molecule has 0 aromatic heterocycles. The van der Waals surface area contributed by atoms with Gasteiger partial charge < -0.3 is 9.64 Å². The van der Waals surface area contributed by atoms with Crippen LogP contribution in [0.15, 0.2) is 24.3 Å². The van der Waals surface area contributed by atoms with Crippen molar-refractivity contribution in [3.05, 3.63) is 35.4 Å². The van der Waals surface area contributed by atoms with E-state index in [1.165, 1.54) is 0 Å². The number of fused-ring (bicyclic) bond motifs is 2. The van der Waals surface area contributed by atoms with Crippen molar-refractivity contribution in [2.45, 2.75) is 19.4 Å². The molecule has 0 bridgehead atoms. The first-order chi connectivity index (χ1) is 9.09. The molecule has 0 radical (unpaired) electrons. The molecule has 3 rings (SSSR count). The summed E-state index contributed by atoms with van der Waals surface area (Å²) < 4.78 is 5.80. The molecule has 1 spiro atoms. The Morgan fingerprint density at radius 1 is 1.26 bits per heavy atom. The molecule has 1 amide bonds. The maximum Gasteiger partial charge on any atom is 0.339 e. The largest absolute Gasteiger partial charge is 0.450 e. The Morgan fingerprint density at radius 2 is 1.89 bits per heavy atom. The number of hydrogen-bond donors (Lipinski definition) is 0. The molecule has 2 aliphatic heterocycles. The lowest BCUT2D eigenvalue weighted by molar-refractivity contribution is -0.136. The first-order valence-electron chi connectivity index (χ1n) is 6.61. The van der Waals surface area contributed by atoms with Crippen molar-refractivity contribution in [2.75, 3.05) is 13.1 Å². The van der Waals surface area contributed by atoms with Crippen molar-refractivity contribution in [2.24, 2.45) is 11.8 Å². The normalized spacial score (nSPS) is 33.2. The number of amides is 1. The summed E-state index contributed by atoms with van der Waals surface area (Å²) in [6.45, 7) is 5.33. The first-order valence-corrected chi connectivity index (χ1v) is 6.61. The predicted molar refractivity (Wildman–Crippen MR) is 69.5 cm³/mol. The molecule has 100 valence electrons. The van der Waals surface area contributed by atoms with Crippen molar-refractivity contribution >= 4 is 12.4 Å².